The largest absolute Gasteiger partial charge is 0.497 e. The highest BCUT2D eigenvalue weighted by Crippen LogP contribution is 2.46. The summed E-state index contributed by atoms with van der Waals surface area (Å²) in [5.74, 6) is 1.18. The molecular weight excluding hydrogens is 712 g/mol. The fourth-order valence-electron chi connectivity index (χ4n) is 6.66. The van der Waals surface area contributed by atoms with E-state index in [1.807, 2.05) is 0 Å². The number of rotatable bonds is 13. The monoisotopic (exact) mass is 751 g/mol. The molecule has 1 N–H and O–H groups in total. The lowest BCUT2D eigenvalue weighted by Crippen LogP contribution is -2.33. The van der Waals surface area contributed by atoms with E-state index >= 15 is 21.6 Å². The van der Waals surface area contributed by atoms with E-state index in [1.165, 1.54) is 32.1 Å². The molecule has 280 valence electrons. The van der Waals surface area contributed by atoms with Gasteiger partial charge in [0.2, 0.25) is 10.0 Å². The van der Waals surface area contributed by atoms with Gasteiger partial charge in [-0.15, -0.1) is 5.10 Å². The number of sulfonamides is 1. The number of hydrogen-bond acceptors (Lipinski definition) is 9. The summed E-state index contributed by atoms with van der Waals surface area (Å²) in [6, 6.07) is 22.5. The number of halogens is 3. The molecule has 11 nitrogen and oxygen atoms in total. The molecule has 0 radical (unpaired) electrons. The molecule has 0 spiro atoms. The fourth-order valence-corrected chi connectivity index (χ4v) is 8.49. The van der Waals surface area contributed by atoms with Gasteiger partial charge < -0.3 is 19.3 Å². The summed E-state index contributed by atoms with van der Waals surface area (Å²) in [6.07, 6.45) is -3.95. The van der Waals surface area contributed by atoms with Crippen molar-refractivity contribution in [2.45, 2.75) is 68.4 Å². The zero-order valence-electron chi connectivity index (χ0n) is 29.5. The molecule has 0 bridgehead atoms. The van der Waals surface area contributed by atoms with Crippen LogP contribution in [0.4, 0.5) is 13.2 Å². The van der Waals surface area contributed by atoms with E-state index in [2.05, 4.69) is 15.5 Å². The molecule has 0 atom stereocenters. The Morgan fingerprint density at radius 1 is 0.755 bits per heavy atom. The zero-order valence-corrected chi connectivity index (χ0v) is 30.3. The maximum Gasteiger partial charge on any atom is 0.417 e. The third-order valence-corrected chi connectivity index (χ3v) is 11.4. The van der Waals surface area contributed by atoms with Gasteiger partial charge in [0.15, 0.2) is 5.82 Å². The van der Waals surface area contributed by atoms with Crippen molar-refractivity contribution >= 4 is 10.0 Å². The number of alkyl halides is 3. The Hall–Kier alpha value is -4.99. The molecular formula is C38H40F3N5O6S. The molecule has 5 aromatic rings. The van der Waals surface area contributed by atoms with Gasteiger partial charge in [-0.25, -0.2) is 13.1 Å². The maximum absolute atomic E-state index is 15.2. The Kier molecular flexibility index (Phi) is 11.4. The van der Waals surface area contributed by atoms with Gasteiger partial charge in [-0.2, -0.15) is 17.5 Å². The molecule has 1 aliphatic carbocycles. The Bertz CT molecular complexity index is 2050. The number of tetrazole rings is 1. The number of aliphatic hydroxyl groups is 1. The molecule has 0 unspecified atom stereocenters. The van der Waals surface area contributed by atoms with Gasteiger partial charge in [0.1, 0.15) is 22.1 Å². The van der Waals surface area contributed by atoms with Crippen LogP contribution in [-0.4, -0.2) is 65.5 Å². The van der Waals surface area contributed by atoms with E-state index in [9.17, 15) is 5.11 Å². The first-order chi connectivity index (χ1) is 25.4. The molecule has 15 heteroatoms. The number of hydrogen-bond donors (Lipinski definition) is 1. The minimum atomic E-state index is -5.07. The zero-order chi connectivity index (χ0) is 37.8. The first-order valence-electron chi connectivity index (χ1n) is 17.0. The van der Waals surface area contributed by atoms with E-state index in [1.54, 1.807) is 72.8 Å². The third-order valence-electron chi connectivity index (χ3n) is 9.51. The molecule has 1 aliphatic rings. The third kappa shape index (κ3) is 8.47. The van der Waals surface area contributed by atoms with Gasteiger partial charge in [0.05, 0.1) is 39.5 Å². The Labute approximate surface area is 306 Å². The fraction of sp³-hybridized carbons (Fsp3) is 0.342. The van der Waals surface area contributed by atoms with Crippen molar-refractivity contribution in [2.24, 2.45) is 0 Å². The standard InChI is InChI=1S/C38H40F3N5O6S/c1-50-30-14-4-25(5-15-30)22-45(23-26-6-16-31(51-2)17-7-26)53(48,49)36-34(38(39,40)41)21-20-33(28-10-12-29(47)13-11-28)35(36)37-42-43-44-46(37)24-27-8-18-32(52-3)19-9-27/h4-9,14-21,28-29,47H,10-13,22-24H2,1-3H3. The van der Waals surface area contributed by atoms with Crippen molar-refractivity contribution in [1.29, 1.82) is 0 Å². The Morgan fingerprint density at radius 3 is 1.72 bits per heavy atom. The van der Waals surface area contributed by atoms with E-state index in [0.29, 0.717) is 65.2 Å². The second-order valence-corrected chi connectivity index (χ2v) is 14.8. The molecule has 1 aromatic heterocycles. The predicted molar refractivity (Wildman–Crippen MR) is 190 cm³/mol. The summed E-state index contributed by atoms with van der Waals surface area (Å²) in [4.78, 5) is -0.929. The summed E-state index contributed by atoms with van der Waals surface area (Å²) >= 11 is 0. The SMILES string of the molecule is COc1ccc(CN(Cc2ccc(OC)cc2)S(=O)(=O)c2c(C(F)(F)F)ccc(C3CCC(O)CC3)c2-c2nnnn2Cc2ccc(OC)cc2)cc1. The number of aliphatic hydroxyl groups excluding tert-OH is 1. The molecule has 53 heavy (non-hydrogen) atoms. The average molecular weight is 752 g/mol. The van der Waals surface area contributed by atoms with Crippen LogP contribution in [0.15, 0.2) is 89.8 Å². The molecule has 0 aliphatic heterocycles. The van der Waals surface area contributed by atoms with Gasteiger partial charge in [0, 0.05) is 18.7 Å². The number of aromatic nitrogens is 4. The molecule has 1 heterocycles. The van der Waals surface area contributed by atoms with Crippen molar-refractivity contribution in [2.75, 3.05) is 21.3 Å². The lowest BCUT2D eigenvalue weighted by molar-refractivity contribution is -0.139. The molecule has 4 aromatic carbocycles. The van der Waals surface area contributed by atoms with Crippen LogP contribution < -0.4 is 14.2 Å². The minimum Gasteiger partial charge on any atom is -0.497 e. The van der Waals surface area contributed by atoms with E-state index < -0.39 is 32.8 Å². The van der Waals surface area contributed by atoms with Gasteiger partial charge in [-0.1, -0.05) is 42.5 Å². The topological polar surface area (TPSA) is 129 Å². The van der Waals surface area contributed by atoms with Crippen molar-refractivity contribution in [3.05, 3.63) is 113 Å². The lowest BCUT2D eigenvalue weighted by Gasteiger charge is -2.31. The van der Waals surface area contributed by atoms with Crippen LogP contribution in [0.2, 0.25) is 0 Å². The van der Waals surface area contributed by atoms with Gasteiger partial charge in [0.25, 0.3) is 0 Å². The summed E-state index contributed by atoms with van der Waals surface area (Å²) in [5.41, 5.74) is 0.580. The van der Waals surface area contributed by atoms with Gasteiger partial charge in [-0.05, 0) is 107 Å². The van der Waals surface area contributed by atoms with Crippen LogP contribution in [0.5, 0.6) is 17.2 Å². The summed E-state index contributed by atoms with van der Waals surface area (Å²) in [7, 11) is -0.468. The second-order valence-electron chi connectivity index (χ2n) is 12.9. The van der Waals surface area contributed by atoms with Crippen molar-refractivity contribution < 1.29 is 40.9 Å². The van der Waals surface area contributed by atoms with E-state index in [-0.39, 0.29) is 36.9 Å². The first-order valence-corrected chi connectivity index (χ1v) is 18.4. The molecule has 1 fully saturated rings. The summed E-state index contributed by atoms with van der Waals surface area (Å²) in [6.45, 7) is -0.482. The van der Waals surface area contributed by atoms with Crippen LogP contribution in [-0.2, 0) is 35.8 Å². The smallest absolute Gasteiger partial charge is 0.417 e. The highest BCUT2D eigenvalue weighted by atomic mass is 32.2. The highest BCUT2D eigenvalue weighted by Gasteiger charge is 2.44. The lowest BCUT2D eigenvalue weighted by atomic mass is 9.80. The predicted octanol–water partition coefficient (Wildman–Crippen LogP) is 6.84. The molecule has 0 saturated heterocycles. The maximum atomic E-state index is 15.2. The van der Waals surface area contributed by atoms with Crippen LogP contribution in [0.1, 0.15) is 59.4 Å². The van der Waals surface area contributed by atoms with E-state index in [4.69, 9.17) is 14.2 Å². The van der Waals surface area contributed by atoms with Crippen LogP contribution >= 0.6 is 0 Å². The second kappa shape index (κ2) is 15.9. The number of nitrogens with zero attached hydrogens (tertiary/aromatic N) is 5. The number of methoxy groups -OCH3 is 3. The van der Waals surface area contributed by atoms with Crippen LogP contribution in [0, 0.1) is 0 Å². The van der Waals surface area contributed by atoms with Gasteiger partial charge in [-0.3, -0.25) is 0 Å². The van der Waals surface area contributed by atoms with Crippen molar-refractivity contribution in [1.82, 2.24) is 24.5 Å². The van der Waals surface area contributed by atoms with Gasteiger partial charge >= 0.3 is 6.18 Å². The Balaban J connectivity index is 1.57. The molecule has 6 rings (SSSR count). The summed E-state index contributed by atoms with van der Waals surface area (Å²) in [5, 5.41) is 22.5. The Morgan fingerprint density at radius 2 is 1.25 bits per heavy atom. The minimum absolute atomic E-state index is 0.0340. The summed E-state index contributed by atoms with van der Waals surface area (Å²) < 4.78 is 94.3. The molecule has 1 saturated carbocycles. The van der Waals surface area contributed by atoms with E-state index in [0.717, 1.165) is 10.4 Å². The molecule has 0 amide bonds. The van der Waals surface area contributed by atoms with Crippen molar-refractivity contribution in [3.63, 3.8) is 0 Å². The highest BCUT2D eigenvalue weighted by molar-refractivity contribution is 7.89. The first kappa shape index (κ1) is 37.8. The van der Waals surface area contributed by atoms with Crippen LogP contribution in [0.3, 0.4) is 0 Å². The average Bonchev–Trinajstić information content (AvgIpc) is 3.62. The quantitative estimate of drug-likeness (QED) is 0.138. The van der Waals surface area contributed by atoms with Crippen molar-refractivity contribution in [3.8, 4) is 28.6 Å². The van der Waals surface area contributed by atoms with Crippen LogP contribution in [0.25, 0.3) is 11.4 Å². The number of ether oxygens (including phenoxy) is 3. The normalized spacial score (nSPS) is 16.5. The number of benzene rings is 4.